The molecular formula is C21H26N4O4. The first-order valence-electron chi connectivity index (χ1n) is 10.2. The van der Waals surface area contributed by atoms with Crippen LogP contribution in [0.4, 0.5) is 0 Å². The number of piperidine rings is 2. The van der Waals surface area contributed by atoms with E-state index in [1.807, 2.05) is 13.1 Å². The molecule has 4 amide bonds. The summed E-state index contributed by atoms with van der Waals surface area (Å²) in [5.74, 6) is -1.89. The molecule has 2 atom stereocenters. The van der Waals surface area contributed by atoms with Gasteiger partial charge in [0.1, 0.15) is 6.04 Å². The lowest BCUT2D eigenvalue weighted by molar-refractivity contribution is -0.136. The first kappa shape index (κ1) is 19.7. The molecule has 0 spiro atoms. The second kappa shape index (κ2) is 8.04. The zero-order valence-corrected chi connectivity index (χ0v) is 16.6. The molecular weight excluding hydrogens is 372 g/mol. The largest absolute Gasteiger partial charge is 0.313 e. The Morgan fingerprint density at radius 3 is 2.59 bits per heavy atom. The molecule has 29 heavy (non-hydrogen) atoms. The lowest BCUT2D eigenvalue weighted by atomic mass is 10.0. The van der Waals surface area contributed by atoms with Crippen molar-refractivity contribution < 1.29 is 19.2 Å². The van der Waals surface area contributed by atoms with Crippen LogP contribution in [0.25, 0.3) is 0 Å². The lowest BCUT2D eigenvalue weighted by Gasteiger charge is -2.28. The van der Waals surface area contributed by atoms with Crippen molar-refractivity contribution >= 4 is 23.6 Å². The fourth-order valence-corrected chi connectivity index (χ4v) is 4.45. The van der Waals surface area contributed by atoms with E-state index in [0.29, 0.717) is 23.7 Å². The minimum atomic E-state index is -0.927. The van der Waals surface area contributed by atoms with Gasteiger partial charge in [-0.25, -0.2) is 0 Å². The Bertz CT molecular complexity index is 862. The highest BCUT2D eigenvalue weighted by molar-refractivity contribution is 6.23. The minimum Gasteiger partial charge on any atom is -0.313 e. The Kier molecular flexibility index (Phi) is 5.47. The average molecular weight is 398 g/mol. The molecule has 2 unspecified atom stereocenters. The predicted molar refractivity (Wildman–Crippen MR) is 105 cm³/mol. The van der Waals surface area contributed by atoms with Gasteiger partial charge in [0.2, 0.25) is 11.8 Å². The van der Waals surface area contributed by atoms with Crippen molar-refractivity contribution in [3.8, 4) is 0 Å². The van der Waals surface area contributed by atoms with E-state index in [0.717, 1.165) is 23.6 Å². The summed E-state index contributed by atoms with van der Waals surface area (Å²) in [5.41, 5.74) is 1.61. The van der Waals surface area contributed by atoms with Gasteiger partial charge in [0, 0.05) is 25.6 Å². The summed E-state index contributed by atoms with van der Waals surface area (Å²) in [6, 6.07) is 4.84. The van der Waals surface area contributed by atoms with Gasteiger partial charge in [-0.2, -0.15) is 0 Å². The Morgan fingerprint density at radius 2 is 1.86 bits per heavy atom. The van der Waals surface area contributed by atoms with Crippen LogP contribution in [0.3, 0.4) is 0 Å². The summed E-state index contributed by atoms with van der Waals surface area (Å²) in [4.78, 5) is 52.4. The number of nitrogens with one attached hydrogen (secondary N) is 2. The highest BCUT2D eigenvalue weighted by Gasteiger charge is 2.44. The zero-order valence-electron chi connectivity index (χ0n) is 16.6. The molecule has 154 valence electrons. The van der Waals surface area contributed by atoms with Crippen LogP contribution in [0.15, 0.2) is 18.2 Å². The number of hydrogen-bond donors (Lipinski definition) is 2. The quantitative estimate of drug-likeness (QED) is 0.707. The van der Waals surface area contributed by atoms with Crippen LogP contribution in [0, 0.1) is 0 Å². The molecule has 2 saturated heterocycles. The Balaban J connectivity index is 1.46. The van der Waals surface area contributed by atoms with Gasteiger partial charge in [-0.1, -0.05) is 12.5 Å². The maximum atomic E-state index is 12.9. The molecule has 4 rings (SSSR count). The molecule has 0 radical (unpaired) electrons. The lowest BCUT2D eigenvalue weighted by Crippen LogP contribution is -2.54. The number of imide groups is 2. The molecule has 3 aliphatic heterocycles. The van der Waals surface area contributed by atoms with Gasteiger partial charge in [-0.05, 0) is 50.6 Å². The Morgan fingerprint density at radius 1 is 1.07 bits per heavy atom. The Labute approximate surface area is 169 Å². The summed E-state index contributed by atoms with van der Waals surface area (Å²) in [6.45, 7) is 2.65. The molecule has 3 heterocycles. The number of fused-ring (bicyclic) bond motifs is 1. The molecule has 0 aromatic heterocycles. The van der Waals surface area contributed by atoms with E-state index < -0.39 is 23.8 Å². The molecule has 2 fully saturated rings. The summed E-state index contributed by atoms with van der Waals surface area (Å²) >= 11 is 0. The number of nitrogens with zero attached hydrogens (tertiary/aromatic N) is 2. The number of carbonyl (C=O) groups excluding carboxylic acids is 4. The Hall–Kier alpha value is -2.58. The van der Waals surface area contributed by atoms with Gasteiger partial charge in [-0.3, -0.25) is 29.4 Å². The second-order valence-corrected chi connectivity index (χ2v) is 8.17. The van der Waals surface area contributed by atoms with Gasteiger partial charge in [0.05, 0.1) is 11.1 Å². The highest BCUT2D eigenvalue weighted by atomic mass is 16.2. The van der Waals surface area contributed by atoms with E-state index in [4.69, 9.17) is 0 Å². The molecule has 0 aliphatic carbocycles. The standard InChI is InChI=1S/C21H26N4O4/c1-24(12-14-4-2-3-9-22-14)11-13-5-6-15-16(10-13)21(29)25(20(15)28)17-7-8-18(26)23-19(17)27/h5-6,10,14,17,22H,2-4,7-9,11-12H2,1H3,(H,23,26,27). The molecule has 1 aromatic rings. The first-order valence-corrected chi connectivity index (χ1v) is 10.2. The number of benzene rings is 1. The number of amides is 4. The van der Waals surface area contributed by atoms with Crippen LogP contribution < -0.4 is 10.6 Å². The molecule has 0 bridgehead atoms. The molecule has 8 heteroatoms. The van der Waals surface area contributed by atoms with Crippen molar-refractivity contribution in [2.45, 2.75) is 50.7 Å². The molecule has 2 N–H and O–H groups in total. The van der Waals surface area contributed by atoms with Crippen LogP contribution in [0.2, 0.25) is 0 Å². The van der Waals surface area contributed by atoms with Crippen LogP contribution in [0.5, 0.6) is 0 Å². The fraction of sp³-hybridized carbons (Fsp3) is 0.524. The number of likely N-dealkylation sites (N-methyl/N-ethyl adjacent to an activating group) is 1. The molecule has 3 aliphatic rings. The minimum absolute atomic E-state index is 0.120. The van der Waals surface area contributed by atoms with Crippen LogP contribution in [0.1, 0.15) is 58.4 Å². The normalized spacial score (nSPS) is 24.8. The number of rotatable bonds is 5. The van der Waals surface area contributed by atoms with Gasteiger partial charge >= 0.3 is 0 Å². The maximum absolute atomic E-state index is 12.9. The second-order valence-electron chi connectivity index (χ2n) is 8.17. The number of carbonyl (C=O) groups is 4. The zero-order chi connectivity index (χ0) is 20.5. The van der Waals surface area contributed by atoms with E-state index in [1.54, 1.807) is 12.1 Å². The fourth-order valence-electron chi connectivity index (χ4n) is 4.45. The molecule has 8 nitrogen and oxygen atoms in total. The summed E-state index contributed by atoms with van der Waals surface area (Å²) in [7, 11) is 2.05. The van der Waals surface area contributed by atoms with E-state index in [1.165, 1.54) is 19.3 Å². The van der Waals surface area contributed by atoms with Crippen molar-refractivity contribution in [3.05, 3.63) is 34.9 Å². The summed E-state index contributed by atoms with van der Waals surface area (Å²) in [5, 5.41) is 5.74. The van der Waals surface area contributed by atoms with Crippen molar-refractivity contribution in [2.75, 3.05) is 20.1 Å². The smallest absolute Gasteiger partial charge is 0.262 e. The maximum Gasteiger partial charge on any atom is 0.262 e. The first-order chi connectivity index (χ1) is 13.9. The average Bonchev–Trinajstić information content (AvgIpc) is 2.93. The third-order valence-electron chi connectivity index (χ3n) is 5.90. The van der Waals surface area contributed by atoms with Crippen LogP contribution in [-0.4, -0.2) is 65.6 Å². The third-order valence-corrected chi connectivity index (χ3v) is 5.90. The van der Waals surface area contributed by atoms with Crippen molar-refractivity contribution in [3.63, 3.8) is 0 Å². The van der Waals surface area contributed by atoms with Crippen molar-refractivity contribution in [2.24, 2.45) is 0 Å². The van der Waals surface area contributed by atoms with Gasteiger partial charge in [0.25, 0.3) is 11.8 Å². The topological polar surface area (TPSA) is 98.8 Å². The summed E-state index contributed by atoms with van der Waals surface area (Å²) in [6.07, 6.45) is 3.93. The predicted octanol–water partition coefficient (Wildman–Crippen LogP) is 0.662. The van der Waals surface area contributed by atoms with Gasteiger partial charge < -0.3 is 10.2 Å². The highest BCUT2D eigenvalue weighted by Crippen LogP contribution is 2.28. The van der Waals surface area contributed by atoms with Gasteiger partial charge in [-0.15, -0.1) is 0 Å². The van der Waals surface area contributed by atoms with E-state index in [2.05, 4.69) is 15.5 Å². The van der Waals surface area contributed by atoms with E-state index >= 15 is 0 Å². The van der Waals surface area contributed by atoms with Crippen molar-refractivity contribution in [1.82, 2.24) is 20.4 Å². The van der Waals surface area contributed by atoms with Crippen LogP contribution >= 0.6 is 0 Å². The monoisotopic (exact) mass is 398 g/mol. The van der Waals surface area contributed by atoms with E-state index in [-0.39, 0.29) is 18.7 Å². The molecule has 0 saturated carbocycles. The molecule has 1 aromatic carbocycles. The van der Waals surface area contributed by atoms with Gasteiger partial charge in [0.15, 0.2) is 0 Å². The van der Waals surface area contributed by atoms with E-state index in [9.17, 15) is 19.2 Å². The van der Waals surface area contributed by atoms with Crippen LogP contribution in [-0.2, 0) is 16.1 Å². The number of hydrogen-bond acceptors (Lipinski definition) is 6. The third kappa shape index (κ3) is 3.95. The van der Waals surface area contributed by atoms with Crippen molar-refractivity contribution in [1.29, 1.82) is 0 Å². The summed E-state index contributed by atoms with van der Waals surface area (Å²) < 4.78 is 0. The SMILES string of the molecule is CN(Cc1ccc2c(c1)C(=O)N(C1CCC(=O)NC1=O)C2=O)CC1CCCCN1.